The molecule has 4 rings (SSSR count). The quantitative estimate of drug-likeness (QED) is 0.535. The van der Waals surface area contributed by atoms with Gasteiger partial charge in [0.2, 0.25) is 0 Å². The van der Waals surface area contributed by atoms with Crippen LogP contribution in [-0.2, 0) is 12.7 Å². The molecule has 0 fully saturated rings. The molecule has 0 saturated heterocycles. The van der Waals surface area contributed by atoms with E-state index < -0.39 is 17.6 Å². The number of halogens is 3. The van der Waals surface area contributed by atoms with Gasteiger partial charge in [-0.3, -0.25) is 19.4 Å². The Morgan fingerprint density at radius 2 is 2.03 bits per heavy atom. The summed E-state index contributed by atoms with van der Waals surface area (Å²) in [6, 6.07) is 7.57. The maximum absolute atomic E-state index is 13.1. The van der Waals surface area contributed by atoms with Gasteiger partial charge >= 0.3 is 6.18 Å². The third-order valence-corrected chi connectivity index (χ3v) is 4.09. The number of nitrogens with zero attached hydrogens (tertiary/aromatic N) is 5. The maximum atomic E-state index is 13.1. The van der Waals surface area contributed by atoms with Crippen molar-refractivity contribution in [3.8, 4) is 11.5 Å². The van der Waals surface area contributed by atoms with Gasteiger partial charge in [-0.05, 0) is 18.2 Å². The lowest BCUT2D eigenvalue weighted by molar-refractivity contribution is -0.138. The van der Waals surface area contributed by atoms with Crippen LogP contribution in [-0.4, -0.2) is 30.8 Å². The van der Waals surface area contributed by atoms with E-state index in [0.29, 0.717) is 17.1 Å². The van der Waals surface area contributed by atoms with Crippen LogP contribution < -0.4 is 5.32 Å². The van der Waals surface area contributed by atoms with E-state index in [1.165, 1.54) is 23.1 Å². The van der Waals surface area contributed by atoms with E-state index in [2.05, 4.69) is 25.5 Å². The first-order valence-electron chi connectivity index (χ1n) is 8.62. The normalized spacial score (nSPS) is 11.4. The second-order valence-corrected chi connectivity index (χ2v) is 6.20. The zero-order valence-electron chi connectivity index (χ0n) is 15.2. The van der Waals surface area contributed by atoms with E-state index in [-0.39, 0.29) is 17.8 Å². The number of alkyl halides is 3. The van der Waals surface area contributed by atoms with Crippen molar-refractivity contribution < 1.29 is 22.5 Å². The van der Waals surface area contributed by atoms with Crippen LogP contribution in [0.5, 0.6) is 0 Å². The molecule has 0 spiro atoms. The molecule has 30 heavy (non-hydrogen) atoms. The van der Waals surface area contributed by atoms with Gasteiger partial charge in [-0.15, -0.1) is 0 Å². The van der Waals surface area contributed by atoms with Crippen molar-refractivity contribution in [2.45, 2.75) is 12.7 Å². The Balaban J connectivity index is 1.46. The molecular formula is C19H13F3N6O2. The van der Waals surface area contributed by atoms with Crippen molar-refractivity contribution in [1.82, 2.24) is 24.9 Å². The summed E-state index contributed by atoms with van der Waals surface area (Å²) >= 11 is 0. The monoisotopic (exact) mass is 414 g/mol. The Morgan fingerprint density at radius 1 is 1.17 bits per heavy atom. The van der Waals surface area contributed by atoms with Gasteiger partial charge in [0, 0.05) is 36.4 Å². The second-order valence-electron chi connectivity index (χ2n) is 6.20. The molecular weight excluding hydrogens is 401 g/mol. The summed E-state index contributed by atoms with van der Waals surface area (Å²) in [6.07, 6.45) is 2.03. The van der Waals surface area contributed by atoms with E-state index in [4.69, 9.17) is 4.52 Å². The summed E-state index contributed by atoms with van der Waals surface area (Å²) in [4.78, 5) is 20.2. The summed E-state index contributed by atoms with van der Waals surface area (Å²) in [7, 11) is 0. The molecule has 0 aromatic carbocycles. The molecule has 0 aliphatic rings. The Labute approximate surface area is 167 Å². The molecule has 1 N–H and O–H groups in total. The highest BCUT2D eigenvalue weighted by Crippen LogP contribution is 2.31. The molecule has 8 nitrogen and oxygen atoms in total. The van der Waals surface area contributed by atoms with Crippen LogP contribution in [0, 0.1) is 0 Å². The van der Waals surface area contributed by atoms with Gasteiger partial charge < -0.3 is 9.84 Å². The molecule has 0 aliphatic heterocycles. The first kappa shape index (κ1) is 19.3. The average molecular weight is 414 g/mol. The van der Waals surface area contributed by atoms with E-state index in [1.807, 2.05) is 0 Å². The van der Waals surface area contributed by atoms with Gasteiger partial charge in [0.15, 0.2) is 11.5 Å². The fourth-order valence-electron chi connectivity index (χ4n) is 2.73. The largest absolute Gasteiger partial charge is 0.416 e. The minimum Gasteiger partial charge on any atom is -0.354 e. The van der Waals surface area contributed by atoms with Gasteiger partial charge in [0.25, 0.3) is 5.91 Å². The number of anilines is 1. The van der Waals surface area contributed by atoms with Crippen LogP contribution in [0.4, 0.5) is 18.9 Å². The Bertz CT molecular complexity index is 1170. The molecule has 0 unspecified atom stereocenters. The molecule has 4 heterocycles. The molecule has 0 bridgehead atoms. The second kappa shape index (κ2) is 7.78. The highest BCUT2D eigenvalue weighted by atomic mass is 19.4. The number of hydrogen-bond donors (Lipinski definition) is 1. The van der Waals surface area contributed by atoms with Gasteiger partial charge in [-0.1, -0.05) is 11.2 Å². The van der Waals surface area contributed by atoms with Gasteiger partial charge in [-0.2, -0.15) is 18.3 Å². The lowest BCUT2D eigenvalue weighted by atomic mass is 10.1. The van der Waals surface area contributed by atoms with Gasteiger partial charge in [-0.25, -0.2) is 0 Å². The number of pyridine rings is 2. The number of carbonyl (C=O) groups is 1. The van der Waals surface area contributed by atoms with Crippen molar-refractivity contribution in [3.63, 3.8) is 0 Å². The molecule has 1 amide bonds. The van der Waals surface area contributed by atoms with Crippen molar-refractivity contribution in [2.75, 3.05) is 5.32 Å². The van der Waals surface area contributed by atoms with Crippen LogP contribution in [0.1, 0.15) is 21.6 Å². The third kappa shape index (κ3) is 4.19. The van der Waals surface area contributed by atoms with Crippen LogP contribution in [0.2, 0.25) is 0 Å². The molecule has 152 valence electrons. The van der Waals surface area contributed by atoms with Crippen molar-refractivity contribution in [1.29, 1.82) is 0 Å². The van der Waals surface area contributed by atoms with Crippen molar-refractivity contribution in [2.24, 2.45) is 0 Å². The molecule has 0 atom stereocenters. The van der Waals surface area contributed by atoms with E-state index in [1.54, 1.807) is 24.4 Å². The zero-order chi connectivity index (χ0) is 21.1. The smallest absolute Gasteiger partial charge is 0.354 e. The van der Waals surface area contributed by atoms with Crippen molar-refractivity contribution >= 4 is 11.6 Å². The summed E-state index contributed by atoms with van der Waals surface area (Å²) in [5.74, 6) is -0.231. The third-order valence-electron chi connectivity index (χ3n) is 4.09. The van der Waals surface area contributed by atoms with E-state index in [9.17, 15) is 18.0 Å². The van der Waals surface area contributed by atoms with Crippen LogP contribution >= 0.6 is 0 Å². The lowest BCUT2D eigenvalue weighted by Crippen LogP contribution is -2.13. The van der Waals surface area contributed by atoms with Gasteiger partial charge in [0.05, 0.1) is 24.0 Å². The fraction of sp³-hybridized carbons (Fsp3) is 0.105. The maximum Gasteiger partial charge on any atom is 0.416 e. The average Bonchev–Trinajstić information content (AvgIpc) is 3.38. The summed E-state index contributed by atoms with van der Waals surface area (Å²) in [5.41, 5.74) is 0.00868. The summed E-state index contributed by atoms with van der Waals surface area (Å²) in [5, 5.41) is 10.3. The van der Waals surface area contributed by atoms with E-state index >= 15 is 0 Å². The predicted molar refractivity (Wildman–Crippen MR) is 98.3 cm³/mol. The minimum atomic E-state index is -4.50. The Morgan fingerprint density at radius 3 is 2.80 bits per heavy atom. The number of carbonyl (C=O) groups excluding carboxylic acids is 1. The molecule has 4 aromatic heterocycles. The molecule has 0 saturated carbocycles. The molecule has 0 aliphatic carbocycles. The SMILES string of the molecule is O=C(Nc1cnn(Cc2cnccc2C(F)(F)F)c1)c1cc(-c2ccccn2)on1. The van der Waals surface area contributed by atoms with Crippen LogP contribution in [0.25, 0.3) is 11.5 Å². The zero-order valence-corrected chi connectivity index (χ0v) is 15.2. The minimum absolute atomic E-state index is 0.0232. The molecule has 4 aromatic rings. The Kier molecular flexibility index (Phi) is 5.00. The van der Waals surface area contributed by atoms with E-state index in [0.717, 1.165) is 18.5 Å². The lowest BCUT2D eigenvalue weighted by Gasteiger charge is -2.11. The fourth-order valence-corrected chi connectivity index (χ4v) is 2.73. The molecule has 0 radical (unpaired) electrons. The first-order chi connectivity index (χ1) is 14.4. The standard InChI is InChI=1S/C19H13F3N6O2/c20-19(21,22)14-4-6-23-8-12(14)10-28-11-13(9-25-28)26-18(29)16-7-17(30-27-16)15-3-1-2-5-24-15/h1-9,11H,10H2,(H,26,29). The predicted octanol–water partition coefficient (Wildman–Crippen LogP) is 3.65. The summed E-state index contributed by atoms with van der Waals surface area (Å²) in [6.45, 7) is -0.160. The highest BCUT2D eigenvalue weighted by molar-refractivity contribution is 6.03. The number of aromatic nitrogens is 5. The number of nitrogens with one attached hydrogen (secondary N) is 1. The van der Waals surface area contributed by atoms with Crippen LogP contribution in [0.15, 0.2) is 65.8 Å². The number of rotatable bonds is 5. The highest BCUT2D eigenvalue weighted by Gasteiger charge is 2.33. The summed E-state index contributed by atoms with van der Waals surface area (Å²) < 4.78 is 45.7. The topological polar surface area (TPSA) is 98.7 Å². The van der Waals surface area contributed by atoms with Crippen LogP contribution in [0.3, 0.4) is 0 Å². The molecule has 11 heteroatoms. The van der Waals surface area contributed by atoms with Gasteiger partial charge in [0.1, 0.15) is 5.69 Å². The number of amides is 1. The van der Waals surface area contributed by atoms with Crippen molar-refractivity contribution in [3.05, 3.63) is 78.1 Å². The number of hydrogen-bond acceptors (Lipinski definition) is 6. The Hall–Kier alpha value is -4.02. The first-order valence-corrected chi connectivity index (χ1v) is 8.62.